The number of fused-ring (bicyclic) bond motifs is 1. The molecule has 0 spiro atoms. The summed E-state index contributed by atoms with van der Waals surface area (Å²) in [5, 5.41) is 11.9. The molecule has 3 aromatic carbocycles. The Kier molecular flexibility index (Phi) is 6.40. The molecule has 0 bridgehead atoms. The normalized spacial score (nSPS) is 17.1. The lowest BCUT2D eigenvalue weighted by Crippen LogP contribution is -2.42. The molecule has 0 aliphatic carbocycles. The number of anilines is 1. The van der Waals surface area contributed by atoms with Crippen molar-refractivity contribution in [3.05, 3.63) is 88.4 Å². The highest BCUT2D eigenvalue weighted by atomic mass is 35.5. The van der Waals surface area contributed by atoms with E-state index >= 15 is 0 Å². The highest BCUT2D eigenvalue weighted by Crippen LogP contribution is 2.44. The van der Waals surface area contributed by atoms with Gasteiger partial charge in [0.2, 0.25) is 0 Å². The van der Waals surface area contributed by atoms with Gasteiger partial charge in [0.25, 0.3) is 5.91 Å². The summed E-state index contributed by atoms with van der Waals surface area (Å²) in [5.74, 6) is -0.0675. The molecule has 0 fully saturated rings. The maximum absolute atomic E-state index is 13.4. The summed E-state index contributed by atoms with van der Waals surface area (Å²) in [4.78, 5) is 28.1. The number of hydrogen-bond donors (Lipinski definition) is 1. The molecule has 1 unspecified atom stereocenters. The zero-order valence-electron chi connectivity index (χ0n) is 18.4. The Hall–Kier alpha value is -3.35. The summed E-state index contributed by atoms with van der Waals surface area (Å²) in [7, 11) is 2.98. The van der Waals surface area contributed by atoms with Gasteiger partial charge in [-0.3, -0.25) is 9.59 Å². The number of amides is 1. The van der Waals surface area contributed by atoms with Crippen LogP contribution >= 0.6 is 11.6 Å². The van der Waals surface area contributed by atoms with E-state index in [1.165, 1.54) is 25.2 Å². The van der Waals surface area contributed by atoms with Gasteiger partial charge in [0, 0.05) is 22.7 Å². The molecule has 3 aromatic rings. The van der Waals surface area contributed by atoms with Gasteiger partial charge in [-0.2, -0.15) is 0 Å². The van der Waals surface area contributed by atoms with Crippen LogP contribution in [0.15, 0.2) is 66.7 Å². The summed E-state index contributed by atoms with van der Waals surface area (Å²) in [6.45, 7) is 0.365. The van der Waals surface area contributed by atoms with Crippen molar-refractivity contribution in [3.8, 4) is 11.5 Å². The summed E-state index contributed by atoms with van der Waals surface area (Å²) in [6, 6.07) is 19.4. The average molecular weight is 466 g/mol. The monoisotopic (exact) mass is 465 g/mol. The Morgan fingerprint density at radius 2 is 1.73 bits per heavy atom. The Balaban J connectivity index is 1.64. The lowest BCUT2D eigenvalue weighted by Gasteiger charge is -2.23. The van der Waals surface area contributed by atoms with Crippen LogP contribution in [-0.4, -0.2) is 37.6 Å². The maximum atomic E-state index is 13.4. The van der Waals surface area contributed by atoms with Crippen LogP contribution in [0.1, 0.15) is 27.9 Å². The van der Waals surface area contributed by atoms with Gasteiger partial charge in [0.05, 0.1) is 26.3 Å². The number of ketones is 1. The minimum atomic E-state index is -2.01. The number of benzene rings is 3. The molecule has 1 aliphatic heterocycles. The molecule has 1 atom stereocenters. The minimum Gasteiger partial charge on any atom is -0.493 e. The number of carbonyl (C=O) groups excluding carboxylic acids is 2. The lowest BCUT2D eigenvalue weighted by molar-refractivity contribution is -0.135. The first kappa shape index (κ1) is 22.8. The second-order valence-corrected chi connectivity index (χ2v) is 8.32. The topological polar surface area (TPSA) is 76.1 Å². The number of ether oxygens (including phenoxy) is 2. The number of methoxy groups -OCH3 is 2. The largest absolute Gasteiger partial charge is 0.493 e. The van der Waals surface area contributed by atoms with Crippen molar-refractivity contribution in [2.45, 2.75) is 18.4 Å². The number of nitrogens with zero attached hydrogens (tertiary/aromatic N) is 1. The first-order valence-corrected chi connectivity index (χ1v) is 10.9. The van der Waals surface area contributed by atoms with Gasteiger partial charge in [-0.15, -0.1) is 0 Å². The molecule has 0 saturated heterocycles. The Morgan fingerprint density at radius 1 is 1.00 bits per heavy atom. The molecule has 1 amide bonds. The van der Waals surface area contributed by atoms with Gasteiger partial charge < -0.3 is 19.5 Å². The first-order valence-electron chi connectivity index (χ1n) is 10.5. The molecule has 0 radical (unpaired) electrons. The highest BCUT2D eigenvalue weighted by Gasteiger charge is 2.51. The number of halogens is 1. The van der Waals surface area contributed by atoms with Crippen LogP contribution in [0, 0.1) is 0 Å². The van der Waals surface area contributed by atoms with Crippen LogP contribution in [0.3, 0.4) is 0 Å². The Morgan fingerprint density at radius 3 is 2.42 bits per heavy atom. The minimum absolute atomic E-state index is 0.306. The molecular weight excluding hydrogens is 442 g/mol. The van der Waals surface area contributed by atoms with Gasteiger partial charge in [-0.05, 0) is 48.4 Å². The quantitative estimate of drug-likeness (QED) is 0.499. The number of carbonyl (C=O) groups is 2. The number of hydrogen-bond acceptors (Lipinski definition) is 5. The smallest absolute Gasteiger partial charge is 0.264 e. The van der Waals surface area contributed by atoms with Crippen molar-refractivity contribution in [1.29, 1.82) is 0 Å². The van der Waals surface area contributed by atoms with E-state index in [9.17, 15) is 14.7 Å². The fourth-order valence-corrected chi connectivity index (χ4v) is 4.32. The molecule has 1 aliphatic rings. The van der Waals surface area contributed by atoms with E-state index in [1.54, 1.807) is 30.3 Å². The van der Waals surface area contributed by atoms with Crippen molar-refractivity contribution in [2.24, 2.45) is 0 Å². The predicted octanol–water partition coefficient (Wildman–Crippen LogP) is 4.41. The van der Waals surface area contributed by atoms with Crippen LogP contribution in [0.4, 0.5) is 5.69 Å². The SMILES string of the molecule is COc1ccc(C(=O)CC2(O)C(=O)N(CCc3ccccc3)c3ccc(Cl)cc32)cc1OC. The van der Waals surface area contributed by atoms with Crippen molar-refractivity contribution in [1.82, 2.24) is 0 Å². The standard InChI is InChI=1S/C26H24ClNO5/c1-32-23-11-8-18(14-24(23)33-2)22(29)16-26(31)20-15-19(27)9-10-21(20)28(25(26)30)13-12-17-6-4-3-5-7-17/h3-11,14-15,31H,12-13,16H2,1-2H3. The van der Waals surface area contributed by atoms with Gasteiger partial charge in [0.15, 0.2) is 22.9 Å². The van der Waals surface area contributed by atoms with Crippen LogP contribution in [0.5, 0.6) is 11.5 Å². The Bertz CT molecular complexity index is 1200. The van der Waals surface area contributed by atoms with E-state index in [0.717, 1.165) is 5.56 Å². The molecule has 1 N–H and O–H groups in total. The van der Waals surface area contributed by atoms with Crippen LogP contribution in [0.25, 0.3) is 0 Å². The molecule has 170 valence electrons. The van der Waals surface area contributed by atoms with Crippen LogP contribution in [-0.2, 0) is 16.8 Å². The summed E-state index contributed by atoms with van der Waals surface area (Å²) < 4.78 is 10.5. The van der Waals surface area contributed by atoms with E-state index in [2.05, 4.69) is 0 Å². The third-order valence-corrected chi connectivity index (χ3v) is 6.12. The zero-order valence-corrected chi connectivity index (χ0v) is 19.1. The summed E-state index contributed by atoms with van der Waals surface area (Å²) in [5.41, 5.74) is 0.254. The number of aliphatic hydroxyl groups is 1. The molecule has 0 aromatic heterocycles. The summed E-state index contributed by atoms with van der Waals surface area (Å²) >= 11 is 6.19. The molecule has 1 heterocycles. The maximum Gasteiger partial charge on any atom is 0.264 e. The molecule has 7 heteroatoms. The highest BCUT2D eigenvalue weighted by molar-refractivity contribution is 6.31. The van der Waals surface area contributed by atoms with E-state index in [-0.39, 0.29) is 0 Å². The van der Waals surface area contributed by atoms with Gasteiger partial charge in [-0.25, -0.2) is 0 Å². The number of Topliss-reactive ketones (excluding diaryl/α,β-unsaturated/α-hetero) is 1. The van der Waals surface area contributed by atoms with Crippen molar-refractivity contribution >= 4 is 29.0 Å². The number of rotatable bonds is 8. The Labute approximate surface area is 197 Å². The van der Waals surface area contributed by atoms with E-state index < -0.39 is 23.7 Å². The van der Waals surface area contributed by atoms with E-state index in [4.69, 9.17) is 21.1 Å². The second-order valence-electron chi connectivity index (χ2n) is 7.88. The van der Waals surface area contributed by atoms with Gasteiger partial charge >= 0.3 is 0 Å². The van der Waals surface area contributed by atoms with Crippen LogP contribution in [0.2, 0.25) is 5.02 Å². The third kappa shape index (κ3) is 4.32. The van der Waals surface area contributed by atoms with E-state index in [0.29, 0.717) is 46.3 Å². The molecule has 4 rings (SSSR count). The van der Waals surface area contributed by atoms with Gasteiger partial charge in [-0.1, -0.05) is 41.9 Å². The predicted molar refractivity (Wildman–Crippen MR) is 126 cm³/mol. The molecule has 6 nitrogen and oxygen atoms in total. The van der Waals surface area contributed by atoms with Crippen molar-refractivity contribution in [3.63, 3.8) is 0 Å². The lowest BCUT2D eigenvalue weighted by atomic mass is 9.88. The average Bonchev–Trinajstić information content (AvgIpc) is 3.03. The van der Waals surface area contributed by atoms with Crippen LogP contribution < -0.4 is 14.4 Å². The first-order chi connectivity index (χ1) is 15.9. The molecular formula is C26H24ClNO5. The fraction of sp³-hybridized carbons (Fsp3) is 0.231. The fourth-order valence-electron chi connectivity index (χ4n) is 4.15. The zero-order chi connectivity index (χ0) is 23.6. The second kappa shape index (κ2) is 9.25. The van der Waals surface area contributed by atoms with E-state index in [1.807, 2.05) is 30.3 Å². The third-order valence-electron chi connectivity index (χ3n) is 5.88. The van der Waals surface area contributed by atoms with Crippen molar-refractivity contribution in [2.75, 3.05) is 25.7 Å². The molecule has 0 saturated carbocycles. The molecule has 33 heavy (non-hydrogen) atoms. The van der Waals surface area contributed by atoms with Crippen molar-refractivity contribution < 1.29 is 24.2 Å². The summed E-state index contributed by atoms with van der Waals surface area (Å²) in [6.07, 6.45) is 0.185. The van der Waals surface area contributed by atoms with Gasteiger partial charge in [0.1, 0.15) is 0 Å².